The molecule has 3 aromatic rings. The molecule has 1 amide bonds. The molecule has 0 unspecified atom stereocenters. The summed E-state index contributed by atoms with van der Waals surface area (Å²) in [5, 5.41) is 3.06. The number of ether oxygens (including phenoxy) is 1. The van der Waals surface area contributed by atoms with Gasteiger partial charge in [-0.1, -0.05) is 11.6 Å². The molecule has 0 aromatic heterocycles. The van der Waals surface area contributed by atoms with Gasteiger partial charge < -0.3 is 10.1 Å². The van der Waals surface area contributed by atoms with Crippen molar-refractivity contribution in [1.82, 2.24) is 0 Å². The molecule has 0 radical (unpaired) electrons. The quantitative estimate of drug-likeness (QED) is 0.430. The van der Waals surface area contributed by atoms with E-state index in [1.165, 1.54) is 42.5 Å². The second-order valence-electron chi connectivity index (χ2n) is 6.73. The van der Waals surface area contributed by atoms with Crippen molar-refractivity contribution in [3.8, 4) is 5.75 Å². The highest BCUT2D eigenvalue weighted by atomic mass is 35.5. The van der Waals surface area contributed by atoms with Crippen LogP contribution in [0.25, 0.3) is 0 Å². The van der Waals surface area contributed by atoms with Gasteiger partial charge in [-0.2, -0.15) is 13.2 Å². The molecule has 2 N–H and O–H groups in total. The van der Waals surface area contributed by atoms with E-state index < -0.39 is 27.7 Å². The third-order valence-electron chi connectivity index (χ3n) is 4.38. The predicted octanol–water partition coefficient (Wildman–Crippen LogP) is 5.81. The first-order valence-electron chi connectivity index (χ1n) is 9.53. The van der Waals surface area contributed by atoms with E-state index in [0.717, 1.165) is 24.3 Å². The molecule has 0 saturated heterocycles. The van der Waals surface area contributed by atoms with Gasteiger partial charge in [0, 0.05) is 16.3 Å². The van der Waals surface area contributed by atoms with Gasteiger partial charge in [0.1, 0.15) is 5.75 Å². The molecular formula is C22H18ClF3N2O4S. The number of nitrogens with one attached hydrogen (secondary N) is 2. The number of rotatable bonds is 7. The summed E-state index contributed by atoms with van der Waals surface area (Å²) in [6, 6.07) is 13.5. The average molecular weight is 499 g/mol. The highest BCUT2D eigenvalue weighted by molar-refractivity contribution is 7.92. The van der Waals surface area contributed by atoms with Crippen LogP contribution in [-0.2, 0) is 16.2 Å². The maximum absolute atomic E-state index is 12.8. The molecular weight excluding hydrogens is 481 g/mol. The Bertz CT molecular complexity index is 1250. The lowest BCUT2D eigenvalue weighted by Gasteiger charge is -2.15. The Hall–Kier alpha value is -3.24. The Morgan fingerprint density at radius 1 is 1.00 bits per heavy atom. The van der Waals surface area contributed by atoms with E-state index in [0.29, 0.717) is 5.02 Å². The highest BCUT2D eigenvalue weighted by Crippen LogP contribution is 2.32. The maximum Gasteiger partial charge on any atom is 0.416 e. The number of carbonyl (C=O) groups is 1. The van der Waals surface area contributed by atoms with Crippen LogP contribution in [0, 0.1) is 0 Å². The summed E-state index contributed by atoms with van der Waals surface area (Å²) in [4.78, 5) is 12.4. The highest BCUT2D eigenvalue weighted by Gasteiger charge is 2.30. The maximum atomic E-state index is 12.8. The van der Waals surface area contributed by atoms with E-state index in [1.54, 1.807) is 6.92 Å². The molecule has 0 bridgehead atoms. The first kappa shape index (κ1) is 24.4. The largest absolute Gasteiger partial charge is 0.492 e. The Morgan fingerprint density at radius 2 is 1.64 bits per heavy atom. The van der Waals surface area contributed by atoms with Crippen molar-refractivity contribution < 1.29 is 31.1 Å². The van der Waals surface area contributed by atoms with Crippen molar-refractivity contribution in [1.29, 1.82) is 0 Å². The molecule has 11 heteroatoms. The van der Waals surface area contributed by atoms with Crippen molar-refractivity contribution in [3.63, 3.8) is 0 Å². The molecule has 0 aliphatic rings. The van der Waals surface area contributed by atoms with Gasteiger partial charge in [-0.15, -0.1) is 0 Å². The van der Waals surface area contributed by atoms with E-state index in [4.69, 9.17) is 16.3 Å². The SMILES string of the molecule is CCOc1ccc(S(=O)(=O)Nc2ccc(C(F)(F)F)cc2)cc1NC(=O)c1ccc(Cl)cc1. The van der Waals surface area contributed by atoms with Crippen LogP contribution in [-0.4, -0.2) is 20.9 Å². The van der Waals surface area contributed by atoms with Gasteiger partial charge in [0.05, 0.1) is 22.8 Å². The third kappa shape index (κ3) is 6.17. The molecule has 0 saturated carbocycles. The van der Waals surface area contributed by atoms with Crippen LogP contribution in [0.15, 0.2) is 71.6 Å². The zero-order chi connectivity index (χ0) is 24.2. The van der Waals surface area contributed by atoms with Crippen LogP contribution in [0.1, 0.15) is 22.8 Å². The normalized spacial score (nSPS) is 11.7. The first-order valence-corrected chi connectivity index (χ1v) is 11.4. The summed E-state index contributed by atoms with van der Waals surface area (Å²) in [6.45, 7) is 1.99. The zero-order valence-electron chi connectivity index (χ0n) is 17.1. The summed E-state index contributed by atoms with van der Waals surface area (Å²) in [5.41, 5.74) is -0.563. The number of hydrogen-bond acceptors (Lipinski definition) is 4. The van der Waals surface area contributed by atoms with Crippen molar-refractivity contribution in [2.24, 2.45) is 0 Å². The fourth-order valence-electron chi connectivity index (χ4n) is 2.79. The monoisotopic (exact) mass is 498 g/mol. The smallest absolute Gasteiger partial charge is 0.416 e. The lowest BCUT2D eigenvalue weighted by atomic mass is 10.2. The molecule has 0 heterocycles. The van der Waals surface area contributed by atoms with Gasteiger partial charge in [0.25, 0.3) is 15.9 Å². The molecule has 33 heavy (non-hydrogen) atoms. The molecule has 3 rings (SSSR count). The van der Waals surface area contributed by atoms with Gasteiger partial charge in [-0.25, -0.2) is 8.42 Å². The Labute approximate surface area is 193 Å². The number of carbonyl (C=O) groups excluding carboxylic acids is 1. The number of anilines is 2. The lowest BCUT2D eigenvalue weighted by molar-refractivity contribution is -0.137. The van der Waals surface area contributed by atoms with Crippen molar-refractivity contribution >= 4 is 38.9 Å². The molecule has 3 aromatic carbocycles. The minimum absolute atomic E-state index is 0.0522. The Balaban J connectivity index is 1.87. The summed E-state index contributed by atoms with van der Waals surface area (Å²) in [5.74, 6) is -0.272. The number of halogens is 4. The second-order valence-corrected chi connectivity index (χ2v) is 8.85. The molecule has 0 aliphatic heterocycles. The Morgan fingerprint density at radius 3 is 2.21 bits per heavy atom. The molecule has 0 spiro atoms. The lowest BCUT2D eigenvalue weighted by Crippen LogP contribution is -2.16. The summed E-state index contributed by atoms with van der Waals surface area (Å²) < 4.78 is 71.4. The van der Waals surface area contributed by atoms with E-state index >= 15 is 0 Å². The third-order valence-corrected chi connectivity index (χ3v) is 6.01. The standard InChI is InChI=1S/C22H18ClF3N2O4S/c1-2-32-20-12-11-18(13-19(20)27-21(29)14-3-7-16(23)8-4-14)33(30,31)28-17-9-5-15(6-10-17)22(24,25)26/h3-13,28H,2H2,1H3,(H,27,29). The average Bonchev–Trinajstić information content (AvgIpc) is 2.75. The van der Waals surface area contributed by atoms with Gasteiger partial charge in [0.15, 0.2) is 0 Å². The van der Waals surface area contributed by atoms with E-state index in [9.17, 15) is 26.4 Å². The topological polar surface area (TPSA) is 84.5 Å². The van der Waals surface area contributed by atoms with Gasteiger partial charge in [0.2, 0.25) is 0 Å². The van der Waals surface area contributed by atoms with E-state index in [1.807, 2.05) is 0 Å². The first-order chi connectivity index (χ1) is 15.5. The van der Waals surface area contributed by atoms with Gasteiger partial charge in [-0.05, 0) is 73.7 Å². The molecule has 174 valence electrons. The molecule has 0 aliphatic carbocycles. The molecule has 0 fully saturated rings. The number of alkyl halides is 3. The number of sulfonamides is 1. The van der Waals surface area contributed by atoms with Crippen LogP contribution in [0.4, 0.5) is 24.5 Å². The van der Waals surface area contributed by atoms with E-state index in [-0.39, 0.29) is 34.2 Å². The van der Waals surface area contributed by atoms with Crippen LogP contribution in [0.2, 0.25) is 5.02 Å². The zero-order valence-corrected chi connectivity index (χ0v) is 18.7. The minimum atomic E-state index is -4.54. The van der Waals surface area contributed by atoms with Gasteiger partial charge in [-0.3, -0.25) is 9.52 Å². The van der Waals surface area contributed by atoms with Crippen LogP contribution in [0.3, 0.4) is 0 Å². The van der Waals surface area contributed by atoms with E-state index in [2.05, 4.69) is 10.0 Å². The van der Waals surface area contributed by atoms with Crippen molar-refractivity contribution in [3.05, 3.63) is 82.9 Å². The number of benzene rings is 3. The fraction of sp³-hybridized carbons (Fsp3) is 0.136. The second kappa shape index (κ2) is 9.72. The van der Waals surface area contributed by atoms with Crippen molar-refractivity contribution in [2.45, 2.75) is 18.0 Å². The Kier molecular flexibility index (Phi) is 7.19. The predicted molar refractivity (Wildman–Crippen MR) is 119 cm³/mol. The van der Waals surface area contributed by atoms with Crippen LogP contribution in [0.5, 0.6) is 5.75 Å². The van der Waals surface area contributed by atoms with Crippen LogP contribution < -0.4 is 14.8 Å². The molecule has 0 atom stereocenters. The fourth-order valence-corrected chi connectivity index (χ4v) is 4.00. The summed E-state index contributed by atoms with van der Waals surface area (Å²) in [6.07, 6.45) is -4.54. The van der Waals surface area contributed by atoms with Crippen LogP contribution >= 0.6 is 11.6 Å². The summed E-state index contributed by atoms with van der Waals surface area (Å²) >= 11 is 5.83. The molecule has 6 nitrogen and oxygen atoms in total. The number of amides is 1. The minimum Gasteiger partial charge on any atom is -0.492 e. The number of hydrogen-bond donors (Lipinski definition) is 2. The summed E-state index contributed by atoms with van der Waals surface area (Å²) in [7, 11) is -4.18. The van der Waals surface area contributed by atoms with Crippen molar-refractivity contribution in [2.75, 3.05) is 16.6 Å². The van der Waals surface area contributed by atoms with Gasteiger partial charge >= 0.3 is 6.18 Å².